The summed E-state index contributed by atoms with van der Waals surface area (Å²) in [5, 5.41) is 3.36. The van der Waals surface area contributed by atoms with E-state index in [0.29, 0.717) is 17.5 Å². The molecule has 2 aliphatic rings. The van der Waals surface area contributed by atoms with Crippen LogP contribution in [0.2, 0.25) is 0 Å². The highest BCUT2D eigenvalue weighted by molar-refractivity contribution is 5.92. The van der Waals surface area contributed by atoms with Gasteiger partial charge in [-0.15, -0.1) is 0 Å². The molecular formula is C11H14N4O. The number of hydrogen-bond acceptors (Lipinski definition) is 4. The maximum absolute atomic E-state index is 12.1. The molecule has 3 heterocycles. The summed E-state index contributed by atoms with van der Waals surface area (Å²) < 4.78 is 0. The predicted molar refractivity (Wildman–Crippen MR) is 57.8 cm³/mol. The van der Waals surface area contributed by atoms with Crippen molar-refractivity contribution < 1.29 is 4.79 Å². The minimum absolute atomic E-state index is 0.0162. The van der Waals surface area contributed by atoms with Gasteiger partial charge in [-0.1, -0.05) is 0 Å². The van der Waals surface area contributed by atoms with Gasteiger partial charge in [0.15, 0.2) is 0 Å². The van der Waals surface area contributed by atoms with Crippen molar-refractivity contribution in [2.24, 2.45) is 11.8 Å². The molecule has 0 bridgehead atoms. The fourth-order valence-corrected chi connectivity index (χ4v) is 2.59. The Balaban J connectivity index is 1.73. The van der Waals surface area contributed by atoms with E-state index < -0.39 is 0 Å². The summed E-state index contributed by atoms with van der Waals surface area (Å²) in [4.78, 5) is 22.0. The van der Waals surface area contributed by atoms with E-state index in [4.69, 9.17) is 0 Å². The van der Waals surface area contributed by atoms with Crippen LogP contribution in [0.5, 0.6) is 0 Å². The van der Waals surface area contributed by atoms with E-state index in [1.165, 1.54) is 6.20 Å². The van der Waals surface area contributed by atoms with Gasteiger partial charge in [0.1, 0.15) is 5.69 Å². The molecule has 0 unspecified atom stereocenters. The zero-order valence-electron chi connectivity index (χ0n) is 8.97. The monoisotopic (exact) mass is 218 g/mol. The molecule has 84 valence electrons. The van der Waals surface area contributed by atoms with Gasteiger partial charge >= 0.3 is 0 Å². The van der Waals surface area contributed by atoms with E-state index in [-0.39, 0.29) is 5.91 Å². The summed E-state index contributed by atoms with van der Waals surface area (Å²) in [6.07, 6.45) is 4.68. The van der Waals surface area contributed by atoms with Crippen LogP contribution in [0.25, 0.3) is 0 Å². The van der Waals surface area contributed by atoms with Crippen LogP contribution in [0.15, 0.2) is 18.6 Å². The Hall–Kier alpha value is -1.49. The summed E-state index contributed by atoms with van der Waals surface area (Å²) in [5.74, 6) is 1.27. The van der Waals surface area contributed by atoms with Crippen LogP contribution in [0.4, 0.5) is 0 Å². The Kier molecular flexibility index (Phi) is 2.32. The van der Waals surface area contributed by atoms with E-state index >= 15 is 0 Å². The third kappa shape index (κ3) is 1.57. The SMILES string of the molecule is O=C(c1cnccn1)N1C[C@H]2CNC[C@H]2C1. The first-order valence-corrected chi connectivity index (χ1v) is 5.60. The topological polar surface area (TPSA) is 58.1 Å². The van der Waals surface area contributed by atoms with Gasteiger partial charge < -0.3 is 10.2 Å². The van der Waals surface area contributed by atoms with E-state index in [1.807, 2.05) is 4.90 Å². The number of carbonyl (C=O) groups excluding carboxylic acids is 1. The van der Waals surface area contributed by atoms with Gasteiger partial charge in [-0.25, -0.2) is 4.98 Å². The van der Waals surface area contributed by atoms with Gasteiger partial charge in [-0.3, -0.25) is 9.78 Å². The molecule has 2 aliphatic heterocycles. The standard InChI is InChI=1S/C11H14N4O/c16-11(10-5-12-1-2-14-10)15-6-8-3-13-4-9(8)7-15/h1-2,5,8-9,13H,3-4,6-7H2/t8-,9+. The lowest BCUT2D eigenvalue weighted by molar-refractivity contribution is 0.0775. The molecule has 0 aromatic carbocycles. The molecule has 1 N–H and O–H groups in total. The Morgan fingerprint density at radius 2 is 2.06 bits per heavy atom. The van der Waals surface area contributed by atoms with Crippen LogP contribution >= 0.6 is 0 Å². The molecular weight excluding hydrogens is 204 g/mol. The summed E-state index contributed by atoms with van der Waals surface area (Å²) in [6, 6.07) is 0. The summed E-state index contributed by atoms with van der Waals surface area (Å²) in [6.45, 7) is 3.78. The smallest absolute Gasteiger partial charge is 0.274 e. The molecule has 16 heavy (non-hydrogen) atoms. The lowest BCUT2D eigenvalue weighted by Crippen LogP contribution is -2.32. The Labute approximate surface area is 93.9 Å². The predicted octanol–water partition coefficient (Wildman–Crippen LogP) is -0.232. The minimum atomic E-state index is 0.0162. The second-order valence-electron chi connectivity index (χ2n) is 4.48. The molecule has 0 saturated carbocycles. The summed E-state index contributed by atoms with van der Waals surface area (Å²) in [5.41, 5.74) is 0.454. The first kappa shape index (κ1) is 9.72. The van der Waals surface area contributed by atoms with E-state index in [1.54, 1.807) is 12.4 Å². The number of carbonyl (C=O) groups is 1. The number of aromatic nitrogens is 2. The van der Waals surface area contributed by atoms with Crippen molar-refractivity contribution in [3.63, 3.8) is 0 Å². The Bertz CT molecular complexity index is 382. The molecule has 2 fully saturated rings. The number of likely N-dealkylation sites (tertiary alicyclic amines) is 1. The van der Waals surface area contributed by atoms with E-state index in [0.717, 1.165) is 26.2 Å². The zero-order valence-corrected chi connectivity index (χ0v) is 8.97. The minimum Gasteiger partial charge on any atom is -0.337 e. The van der Waals surface area contributed by atoms with Crippen molar-refractivity contribution in [3.05, 3.63) is 24.3 Å². The molecule has 2 atom stereocenters. The van der Waals surface area contributed by atoms with Gasteiger partial charge in [0.2, 0.25) is 0 Å². The quantitative estimate of drug-likeness (QED) is 0.707. The maximum atomic E-state index is 12.1. The fraction of sp³-hybridized carbons (Fsp3) is 0.545. The highest BCUT2D eigenvalue weighted by Crippen LogP contribution is 2.26. The molecule has 0 radical (unpaired) electrons. The average molecular weight is 218 g/mol. The van der Waals surface area contributed by atoms with Gasteiger partial charge in [-0.05, 0) is 11.8 Å². The Morgan fingerprint density at radius 3 is 2.69 bits per heavy atom. The summed E-state index contributed by atoms with van der Waals surface area (Å²) >= 11 is 0. The van der Waals surface area contributed by atoms with Crippen LogP contribution in [-0.2, 0) is 0 Å². The second-order valence-corrected chi connectivity index (χ2v) is 4.48. The molecule has 2 saturated heterocycles. The van der Waals surface area contributed by atoms with Gasteiger partial charge in [0.05, 0.1) is 6.20 Å². The zero-order chi connectivity index (χ0) is 11.0. The highest BCUT2D eigenvalue weighted by Gasteiger charge is 2.38. The van der Waals surface area contributed by atoms with Crippen molar-refractivity contribution >= 4 is 5.91 Å². The van der Waals surface area contributed by atoms with Crippen molar-refractivity contribution in [1.29, 1.82) is 0 Å². The number of nitrogens with one attached hydrogen (secondary N) is 1. The average Bonchev–Trinajstić information content (AvgIpc) is 2.89. The van der Waals surface area contributed by atoms with Gasteiger partial charge in [-0.2, -0.15) is 0 Å². The Morgan fingerprint density at radius 1 is 1.31 bits per heavy atom. The van der Waals surface area contributed by atoms with Crippen LogP contribution < -0.4 is 5.32 Å². The van der Waals surface area contributed by atoms with Gasteiger partial charge in [0, 0.05) is 38.6 Å². The number of nitrogens with zero attached hydrogens (tertiary/aromatic N) is 3. The molecule has 0 aliphatic carbocycles. The lowest BCUT2D eigenvalue weighted by atomic mass is 10.0. The van der Waals surface area contributed by atoms with Crippen LogP contribution in [-0.4, -0.2) is 47.0 Å². The maximum Gasteiger partial charge on any atom is 0.274 e. The number of rotatable bonds is 1. The fourth-order valence-electron chi connectivity index (χ4n) is 2.59. The molecule has 1 aromatic heterocycles. The van der Waals surface area contributed by atoms with Crippen LogP contribution in [0.3, 0.4) is 0 Å². The van der Waals surface area contributed by atoms with Crippen LogP contribution in [0.1, 0.15) is 10.5 Å². The first-order chi connectivity index (χ1) is 7.84. The third-order valence-electron chi connectivity index (χ3n) is 3.46. The van der Waals surface area contributed by atoms with Crippen molar-refractivity contribution in [3.8, 4) is 0 Å². The number of amides is 1. The van der Waals surface area contributed by atoms with Crippen molar-refractivity contribution in [2.75, 3.05) is 26.2 Å². The van der Waals surface area contributed by atoms with Crippen molar-refractivity contribution in [1.82, 2.24) is 20.2 Å². The summed E-state index contributed by atoms with van der Waals surface area (Å²) in [7, 11) is 0. The molecule has 5 nitrogen and oxygen atoms in total. The molecule has 1 aromatic rings. The molecule has 3 rings (SSSR count). The molecule has 1 amide bonds. The molecule has 0 spiro atoms. The second kappa shape index (κ2) is 3.83. The highest BCUT2D eigenvalue weighted by atomic mass is 16.2. The third-order valence-corrected chi connectivity index (χ3v) is 3.46. The number of fused-ring (bicyclic) bond motifs is 1. The normalized spacial score (nSPS) is 28.1. The van der Waals surface area contributed by atoms with E-state index in [9.17, 15) is 4.79 Å². The van der Waals surface area contributed by atoms with Crippen LogP contribution in [0, 0.1) is 11.8 Å². The van der Waals surface area contributed by atoms with E-state index in [2.05, 4.69) is 15.3 Å². The first-order valence-electron chi connectivity index (χ1n) is 5.60. The lowest BCUT2D eigenvalue weighted by Gasteiger charge is -2.16. The molecule has 5 heteroatoms. The largest absolute Gasteiger partial charge is 0.337 e. The van der Waals surface area contributed by atoms with Gasteiger partial charge in [0.25, 0.3) is 5.91 Å². The van der Waals surface area contributed by atoms with Crippen molar-refractivity contribution in [2.45, 2.75) is 0 Å². The number of hydrogen-bond donors (Lipinski definition) is 1.